The summed E-state index contributed by atoms with van der Waals surface area (Å²) in [5.74, 6) is 2.96. The average Bonchev–Trinajstić information content (AvgIpc) is 3.11. The van der Waals surface area contributed by atoms with Crippen LogP contribution in [0, 0.1) is 5.92 Å². The fourth-order valence-corrected chi connectivity index (χ4v) is 3.59. The van der Waals surface area contributed by atoms with Crippen molar-refractivity contribution in [1.29, 1.82) is 0 Å². The highest BCUT2D eigenvalue weighted by atomic mass is 16.5. The summed E-state index contributed by atoms with van der Waals surface area (Å²) in [7, 11) is 0. The normalized spacial score (nSPS) is 23.8. The molecule has 2 aromatic rings. The fraction of sp³-hybridized carbons (Fsp3) is 0.647. The molecule has 1 saturated carbocycles. The summed E-state index contributed by atoms with van der Waals surface area (Å²) in [6, 6.07) is 3.98. The maximum Gasteiger partial charge on any atom is 0.249 e. The van der Waals surface area contributed by atoms with Gasteiger partial charge in [0.25, 0.3) is 0 Å². The lowest BCUT2D eigenvalue weighted by molar-refractivity contribution is -0.130. The lowest BCUT2D eigenvalue weighted by Crippen LogP contribution is -2.52. The van der Waals surface area contributed by atoms with Crippen LogP contribution in [-0.4, -0.2) is 58.1 Å². The molecule has 8 nitrogen and oxygen atoms in total. The standard InChI is InChI=1S/C17H22N6O2/c24-17(13-2-1-7-25-13)18-8-11-9-22(10-11)15-6-5-14-19-20-16(12-3-4-12)23(14)21-15/h5-6,11-13H,1-4,7-10H2,(H,18,24). The first-order chi connectivity index (χ1) is 12.3. The first-order valence-corrected chi connectivity index (χ1v) is 9.14. The van der Waals surface area contributed by atoms with Crippen LogP contribution in [0.5, 0.6) is 0 Å². The number of ether oxygens (including phenoxy) is 1. The predicted molar refractivity (Wildman–Crippen MR) is 90.4 cm³/mol. The molecule has 5 rings (SSSR count). The van der Waals surface area contributed by atoms with Gasteiger partial charge in [0.05, 0.1) is 0 Å². The molecule has 2 saturated heterocycles. The average molecular weight is 342 g/mol. The first kappa shape index (κ1) is 15.1. The van der Waals surface area contributed by atoms with Gasteiger partial charge in [0.1, 0.15) is 11.9 Å². The Bertz CT molecular complexity index is 790. The second kappa shape index (κ2) is 5.94. The summed E-state index contributed by atoms with van der Waals surface area (Å²) in [4.78, 5) is 14.2. The molecule has 0 aromatic carbocycles. The van der Waals surface area contributed by atoms with Crippen LogP contribution in [0.3, 0.4) is 0 Å². The van der Waals surface area contributed by atoms with Gasteiger partial charge in [-0.1, -0.05) is 0 Å². The highest BCUT2D eigenvalue weighted by Crippen LogP contribution is 2.38. The van der Waals surface area contributed by atoms with Crippen LogP contribution >= 0.6 is 0 Å². The Morgan fingerprint density at radius 3 is 2.88 bits per heavy atom. The van der Waals surface area contributed by atoms with Crippen molar-refractivity contribution < 1.29 is 9.53 Å². The number of anilines is 1. The molecule has 25 heavy (non-hydrogen) atoms. The van der Waals surface area contributed by atoms with Gasteiger partial charge >= 0.3 is 0 Å². The quantitative estimate of drug-likeness (QED) is 0.862. The number of hydrogen-bond donors (Lipinski definition) is 1. The third-order valence-electron chi connectivity index (χ3n) is 5.28. The zero-order valence-corrected chi connectivity index (χ0v) is 14.1. The topological polar surface area (TPSA) is 84.7 Å². The van der Waals surface area contributed by atoms with E-state index in [1.165, 1.54) is 12.8 Å². The van der Waals surface area contributed by atoms with Crippen molar-refractivity contribution in [1.82, 2.24) is 25.1 Å². The van der Waals surface area contributed by atoms with Gasteiger partial charge in [0.2, 0.25) is 5.91 Å². The molecule has 2 aromatic heterocycles. The number of carbonyl (C=O) groups excluding carboxylic acids is 1. The molecule has 8 heteroatoms. The Balaban J connectivity index is 1.18. The molecular weight excluding hydrogens is 320 g/mol. The van der Waals surface area contributed by atoms with E-state index < -0.39 is 0 Å². The summed E-state index contributed by atoms with van der Waals surface area (Å²) >= 11 is 0. The lowest BCUT2D eigenvalue weighted by Gasteiger charge is -2.40. The molecule has 0 spiro atoms. The van der Waals surface area contributed by atoms with Crippen molar-refractivity contribution >= 4 is 17.4 Å². The number of amides is 1. The van der Waals surface area contributed by atoms with Crippen LogP contribution in [0.4, 0.5) is 5.82 Å². The van der Waals surface area contributed by atoms with E-state index in [-0.39, 0.29) is 12.0 Å². The predicted octanol–water partition coefficient (Wildman–Crippen LogP) is 0.733. The van der Waals surface area contributed by atoms with Crippen LogP contribution in [-0.2, 0) is 9.53 Å². The second-order valence-electron chi connectivity index (χ2n) is 7.31. The number of aromatic nitrogens is 4. The molecule has 132 valence electrons. The molecule has 3 aliphatic rings. The maximum absolute atomic E-state index is 12.0. The van der Waals surface area contributed by atoms with Gasteiger partial charge in [0.15, 0.2) is 11.5 Å². The van der Waals surface area contributed by atoms with Crippen LogP contribution in [0.15, 0.2) is 12.1 Å². The van der Waals surface area contributed by atoms with E-state index in [2.05, 4.69) is 20.4 Å². The van der Waals surface area contributed by atoms with E-state index in [0.717, 1.165) is 43.2 Å². The van der Waals surface area contributed by atoms with Crippen molar-refractivity contribution in [3.8, 4) is 0 Å². The molecule has 0 bridgehead atoms. The van der Waals surface area contributed by atoms with Crippen LogP contribution in [0.1, 0.15) is 37.4 Å². The fourth-order valence-electron chi connectivity index (χ4n) is 3.59. The summed E-state index contributed by atoms with van der Waals surface area (Å²) in [5, 5.41) is 16.2. The highest BCUT2D eigenvalue weighted by Gasteiger charge is 2.32. The molecule has 1 unspecified atom stereocenters. The molecular formula is C17H22N6O2. The third-order valence-corrected chi connectivity index (χ3v) is 5.28. The van der Waals surface area contributed by atoms with Crippen molar-refractivity contribution in [3.05, 3.63) is 18.0 Å². The Kier molecular flexibility index (Phi) is 3.58. The molecule has 4 heterocycles. The van der Waals surface area contributed by atoms with Gasteiger partial charge in [-0.25, -0.2) is 0 Å². The largest absolute Gasteiger partial charge is 0.368 e. The van der Waals surface area contributed by atoms with E-state index in [9.17, 15) is 4.79 Å². The highest BCUT2D eigenvalue weighted by molar-refractivity contribution is 5.81. The molecule has 1 amide bonds. The minimum Gasteiger partial charge on any atom is -0.368 e. The zero-order chi connectivity index (χ0) is 16.8. The van der Waals surface area contributed by atoms with Crippen LogP contribution in [0.25, 0.3) is 5.65 Å². The zero-order valence-electron chi connectivity index (χ0n) is 14.1. The van der Waals surface area contributed by atoms with E-state index >= 15 is 0 Å². The monoisotopic (exact) mass is 342 g/mol. The molecule has 0 radical (unpaired) electrons. The van der Waals surface area contributed by atoms with E-state index in [4.69, 9.17) is 9.84 Å². The Morgan fingerprint density at radius 2 is 2.12 bits per heavy atom. The number of carbonyl (C=O) groups is 1. The van der Waals surface area contributed by atoms with E-state index in [1.54, 1.807) is 0 Å². The SMILES string of the molecule is O=C(NCC1CN(c2ccc3nnc(C4CC4)n3n2)C1)C1CCCO1. The number of rotatable bonds is 5. The molecule has 2 aliphatic heterocycles. The molecule has 3 fully saturated rings. The Labute approximate surface area is 145 Å². The summed E-state index contributed by atoms with van der Waals surface area (Å²) in [5.41, 5.74) is 0.812. The number of hydrogen-bond acceptors (Lipinski definition) is 6. The summed E-state index contributed by atoms with van der Waals surface area (Å²) < 4.78 is 7.30. The van der Waals surface area contributed by atoms with Gasteiger partial charge in [-0.2, -0.15) is 4.52 Å². The van der Waals surface area contributed by atoms with Gasteiger partial charge in [-0.15, -0.1) is 15.3 Å². The lowest BCUT2D eigenvalue weighted by atomic mass is 10.00. The van der Waals surface area contributed by atoms with Crippen molar-refractivity contribution in [2.45, 2.75) is 37.7 Å². The van der Waals surface area contributed by atoms with Gasteiger partial charge in [-0.3, -0.25) is 4.79 Å². The van der Waals surface area contributed by atoms with Gasteiger partial charge in [-0.05, 0) is 37.8 Å². The molecule has 1 atom stereocenters. The van der Waals surface area contributed by atoms with Crippen molar-refractivity contribution in [3.63, 3.8) is 0 Å². The first-order valence-electron chi connectivity index (χ1n) is 9.14. The number of nitrogens with zero attached hydrogens (tertiary/aromatic N) is 5. The van der Waals surface area contributed by atoms with Gasteiger partial charge in [0, 0.05) is 38.1 Å². The minimum absolute atomic E-state index is 0.0362. The van der Waals surface area contributed by atoms with Crippen molar-refractivity contribution in [2.75, 3.05) is 31.1 Å². The van der Waals surface area contributed by atoms with Gasteiger partial charge < -0.3 is 15.0 Å². The maximum atomic E-state index is 12.0. The molecule has 1 N–H and O–H groups in total. The summed E-state index contributed by atoms with van der Waals surface area (Å²) in [6.45, 7) is 3.23. The number of fused-ring (bicyclic) bond motifs is 1. The van der Waals surface area contributed by atoms with E-state index in [1.807, 2.05) is 16.6 Å². The smallest absolute Gasteiger partial charge is 0.249 e. The van der Waals surface area contributed by atoms with Crippen LogP contribution in [0.2, 0.25) is 0 Å². The third kappa shape index (κ3) is 2.84. The molecule has 1 aliphatic carbocycles. The summed E-state index contributed by atoms with van der Waals surface area (Å²) in [6.07, 6.45) is 3.95. The Morgan fingerprint density at radius 1 is 1.24 bits per heavy atom. The number of nitrogens with one attached hydrogen (secondary N) is 1. The van der Waals surface area contributed by atoms with Crippen LogP contribution < -0.4 is 10.2 Å². The second-order valence-corrected chi connectivity index (χ2v) is 7.31. The Hall–Kier alpha value is -2.22. The van der Waals surface area contributed by atoms with E-state index in [0.29, 0.717) is 25.0 Å². The van der Waals surface area contributed by atoms with Crippen molar-refractivity contribution in [2.24, 2.45) is 5.92 Å². The minimum atomic E-state index is -0.241.